The summed E-state index contributed by atoms with van der Waals surface area (Å²) < 4.78 is 37.9. The lowest BCUT2D eigenvalue weighted by atomic mass is 9.95. The van der Waals surface area contributed by atoms with Gasteiger partial charge in [0.05, 0.1) is 17.1 Å². The molecule has 8 nitrogen and oxygen atoms in total. The van der Waals surface area contributed by atoms with Crippen molar-refractivity contribution in [3.8, 4) is 28.3 Å². The van der Waals surface area contributed by atoms with Crippen molar-refractivity contribution in [2.75, 3.05) is 5.73 Å². The molecule has 4 heterocycles. The van der Waals surface area contributed by atoms with Gasteiger partial charge in [0, 0.05) is 54.5 Å². The molecule has 1 atom stereocenters. The average molecular weight is 478 g/mol. The summed E-state index contributed by atoms with van der Waals surface area (Å²) in [6, 6.07) is 3.96. The van der Waals surface area contributed by atoms with E-state index in [0.717, 1.165) is 35.1 Å². The maximum absolute atomic E-state index is 15.3. The quantitative estimate of drug-likeness (QED) is 0.461. The Morgan fingerprint density at radius 1 is 1.14 bits per heavy atom. The lowest BCUT2D eigenvalue weighted by molar-refractivity contribution is 0.227. The number of nitrogens with two attached hydrogens (primary N) is 1. The fourth-order valence-electron chi connectivity index (χ4n) is 4.86. The standard InChI is InChI=1S/C25H25F2N7O/c1-12-17-9-20-23(32-33(3)31-20)22-18(7-16(26)8-19(22)27)13(2)35-21-6-15(10-29-25(21)28)24(17)34(30-12)11-14-4-5-14/h6-8,10,13-14H,4-5,9,11H2,1-3H3,(H2,28,29). The number of ether oxygens (including phenoxy) is 1. The number of pyridine rings is 1. The first kappa shape index (κ1) is 21.7. The third kappa shape index (κ3) is 3.73. The minimum atomic E-state index is -0.735. The SMILES string of the molecule is Cc1nn(CC2CC2)c2c1Cc1nn(C)nc1-c1c(F)cc(F)cc1C(C)Oc1cc-2cnc1N. The summed E-state index contributed by atoms with van der Waals surface area (Å²) in [6.45, 7) is 4.48. The zero-order valence-electron chi connectivity index (χ0n) is 19.7. The molecule has 1 saturated carbocycles. The van der Waals surface area contributed by atoms with Gasteiger partial charge in [0.15, 0.2) is 11.6 Å². The highest BCUT2D eigenvalue weighted by atomic mass is 19.1. The van der Waals surface area contributed by atoms with Crippen LogP contribution >= 0.6 is 0 Å². The van der Waals surface area contributed by atoms with E-state index in [0.29, 0.717) is 35.0 Å². The van der Waals surface area contributed by atoms with Crippen LogP contribution in [0.5, 0.6) is 5.75 Å². The number of anilines is 1. The van der Waals surface area contributed by atoms with Crippen LogP contribution in [-0.2, 0) is 20.0 Å². The third-order valence-corrected chi connectivity index (χ3v) is 6.73. The molecule has 2 bridgehead atoms. The number of hydrogen-bond acceptors (Lipinski definition) is 6. The van der Waals surface area contributed by atoms with Crippen molar-refractivity contribution in [3.63, 3.8) is 0 Å². The van der Waals surface area contributed by atoms with E-state index in [-0.39, 0.29) is 11.4 Å². The van der Waals surface area contributed by atoms with Crippen molar-refractivity contribution >= 4 is 5.82 Å². The first-order chi connectivity index (χ1) is 16.8. The largest absolute Gasteiger partial charge is 0.482 e. The van der Waals surface area contributed by atoms with E-state index >= 15 is 4.39 Å². The van der Waals surface area contributed by atoms with E-state index in [2.05, 4.69) is 15.2 Å². The second-order valence-electron chi connectivity index (χ2n) is 9.42. The molecule has 2 N–H and O–H groups in total. The van der Waals surface area contributed by atoms with Crippen LogP contribution in [0.3, 0.4) is 0 Å². The number of fused-ring (bicyclic) bond motifs is 7. The minimum Gasteiger partial charge on any atom is -0.482 e. The topological polar surface area (TPSA) is 96.7 Å². The molecule has 1 aromatic carbocycles. The lowest BCUT2D eigenvalue weighted by Gasteiger charge is -2.21. The Bertz CT molecular complexity index is 1470. The van der Waals surface area contributed by atoms with Crippen LogP contribution in [-0.4, -0.2) is 29.8 Å². The summed E-state index contributed by atoms with van der Waals surface area (Å²) >= 11 is 0. The third-order valence-electron chi connectivity index (χ3n) is 6.73. The van der Waals surface area contributed by atoms with Crippen LogP contribution in [0, 0.1) is 24.5 Å². The second-order valence-corrected chi connectivity index (χ2v) is 9.42. The van der Waals surface area contributed by atoms with Gasteiger partial charge in [-0.05, 0) is 44.7 Å². The van der Waals surface area contributed by atoms with Crippen LogP contribution in [0.25, 0.3) is 22.5 Å². The summed E-state index contributed by atoms with van der Waals surface area (Å²) in [7, 11) is 1.68. The van der Waals surface area contributed by atoms with Crippen molar-refractivity contribution in [1.82, 2.24) is 29.8 Å². The molecule has 6 rings (SSSR count). The summed E-state index contributed by atoms with van der Waals surface area (Å²) in [5, 5.41) is 13.9. The zero-order valence-corrected chi connectivity index (χ0v) is 19.7. The lowest BCUT2D eigenvalue weighted by Crippen LogP contribution is -2.11. The number of aromatic nitrogens is 6. The number of hydrogen-bond donors (Lipinski definition) is 1. The van der Waals surface area contributed by atoms with E-state index in [9.17, 15) is 4.39 Å². The first-order valence-corrected chi connectivity index (χ1v) is 11.7. The van der Waals surface area contributed by atoms with Crippen molar-refractivity contribution < 1.29 is 13.5 Å². The molecule has 3 aromatic heterocycles. The molecule has 2 aliphatic rings. The molecular weight excluding hydrogens is 452 g/mol. The highest BCUT2D eigenvalue weighted by molar-refractivity contribution is 5.72. The number of nitrogen functional groups attached to an aromatic ring is 1. The minimum absolute atomic E-state index is 0.162. The van der Waals surface area contributed by atoms with Gasteiger partial charge in [-0.3, -0.25) is 4.68 Å². The molecule has 1 fully saturated rings. The smallest absolute Gasteiger partial charge is 0.166 e. The van der Waals surface area contributed by atoms with Crippen LogP contribution in [0.4, 0.5) is 14.6 Å². The maximum atomic E-state index is 15.3. The van der Waals surface area contributed by atoms with Gasteiger partial charge < -0.3 is 10.5 Å². The number of benzene rings is 1. The predicted molar refractivity (Wildman–Crippen MR) is 126 cm³/mol. The molecule has 180 valence electrons. The van der Waals surface area contributed by atoms with Crippen LogP contribution < -0.4 is 10.5 Å². The molecule has 4 aromatic rings. The van der Waals surface area contributed by atoms with Crippen LogP contribution in [0.2, 0.25) is 0 Å². The van der Waals surface area contributed by atoms with E-state index in [1.54, 1.807) is 20.2 Å². The van der Waals surface area contributed by atoms with Crippen molar-refractivity contribution in [2.45, 2.75) is 45.8 Å². The van der Waals surface area contributed by atoms with Gasteiger partial charge in [-0.1, -0.05) is 0 Å². The summed E-state index contributed by atoms with van der Waals surface area (Å²) in [4.78, 5) is 5.79. The maximum Gasteiger partial charge on any atom is 0.166 e. The Balaban J connectivity index is 1.64. The van der Waals surface area contributed by atoms with Gasteiger partial charge in [-0.25, -0.2) is 13.8 Å². The fraction of sp³-hybridized carbons (Fsp3) is 0.360. The van der Waals surface area contributed by atoms with Gasteiger partial charge in [0.25, 0.3) is 0 Å². The van der Waals surface area contributed by atoms with E-state index < -0.39 is 17.7 Å². The van der Waals surface area contributed by atoms with E-state index in [4.69, 9.17) is 15.6 Å². The molecule has 1 aliphatic carbocycles. The average Bonchev–Trinajstić information content (AvgIpc) is 3.46. The molecule has 35 heavy (non-hydrogen) atoms. The number of aryl methyl sites for hydroxylation is 2. The predicted octanol–water partition coefficient (Wildman–Crippen LogP) is 4.36. The van der Waals surface area contributed by atoms with Crippen molar-refractivity contribution in [2.24, 2.45) is 13.0 Å². The number of nitrogens with zero attached hydrogens (tertiary/aromatic N) is 6. The van der Waals surface area contributed by atoms with E-state index in [1.165, 1.54) is 23.7 Å². The summed E-state index contributed by atoms with van der Waals surface area (Å²) in [5.41, 5.74) is 11.1. The first-order valence-electron chi connectivity index (χ1n) is 11.7. The molecule has 10 heteroatoms. The van der Waals surface area contributed by atoms with Gasteiger partial charge in [0.2, 0.25) is 0 Å². The van der Waals surface area contributed by atoms with Gasteiger partial charge in [0.1, 0.15) is 23.4 Å². The second kappa shape index (κ2) is 7.86. The Morgan fingerprint density at radius 3 is 2.71 bits per heavy atom. The number of rotatable bonds is 2. The monoisotopic (exact) mass is 477 g/mol. The highest BCUT2D eigenvalue weighted by Crippen LogP contribution is 2.40. The van der Waals surface area contributed by atoms with Crippen LogP contribution in [0.1, 0.15) is 48.4 Å². The molecule has 0 amide bonds. The fourth-order valence-corrected chi connectivity index (χ4v) is 4.86. The molecule has 1 aliphatic heterocycles. The highest BCUT2D eigenvalue weighted by Gasteiger charge is 2.30. The molecule has 0 radical (unpaired) electrons. The molecule has 0 spiro atoms. The Labute approximate surface area is 200 Å². The Hall–Kier alpha value is -3.82. The molecule has 1 unspecified atom stereocenters. The van der Waals surface area contributed by atoms with Gasteiger partial charge in [-0.15, -0.1) is 0 Å². The van der Waals surface area contributed by atoms with Gasteiger partial charge >= 0.3 is 0 Å². The van der Waals surface area contributed by atoms with Crippen LogP contribution in [0.15, 0.2) is 24.4 Å². The zero-order chi connectivity index (χ0) is 24.4. The summed E-state index contributed by atoms with van der Waals surface area (Å²) in [5.74, 6) is -0.291. The van der Waals surface area contributed by atoms with Crippen molar-refractivity contribution in [1.29, 1.82) is 0 Å². The van der Waals surface area contributed by atoms with Gasteiger partial charge in [-0.2, -0.15) is 20.1 Å². The Morgan fingerprint density at radius 2 is 1.94 bits per heavy atom. The number of halogens is 2. The normalized spacial score (nSPS) is 17.0. The molecule has 0 saturated heterocycles. The Kier molecular flexibility index (Phi) is 4.87. The van der Waals surface area contributed by atoms with Crippen molar-refractivity contribution in [3.05, 3.63) is 58.5 Å². The van der Waals surface area contributed by atoms with E-state index in [1.807, 2.05) is 17.7 Å². The molecular formula is C25H25F2N7O. The summed E-state index contributed by atoms with van der Waals surface area (Å²) in [6.07, 6.45) is 3.72.